The number of nitrogens with one attached hydrogen (secondary N) is 1. The molecule has 1 atom stereocenters. The molecule has 17 heavy (non-hydrogen) atoms. The molecule has 1 N–H and O–H groups in total. The van der Waals surface area contributed by atoms with E-state index in [0.717, 1.165) is 37.2 Å². The van der Waals surface area contributed by atoms with Crippen molar-refractivity contribution < 1.29 is 4.79 Å². The topological polar surface area (TPSA) is 46.9 Å². The van der Waals surface area contributed by atoms with Gasteiger partial charge in [0, 0.05) is 7.05 Å². The van der Waals surface area contributed by atoms with E-state index in [4.69, 9.17) is 11.6 Å². The maximum atomic E-state index is 12.1. The standard InChI is InChI=1S/C12H18ClN3O/c1-3-8-12(13)10(16(2)15-8)7-11(17)9-5-4-6-14-9/h9,14H,3-7H2,1-2H3. The molecule has 1 unspecified atom stereocenters. The van der Waals surface area contributed by atoms with E-state index in [2.05, 4.69) is 10.4 Å². The second-order valence-corrected chi connectivity index (χ2v) is 4.85. The van der Waals surface area contributed by atoms with Crippen molar-refractivity contribution in [2.75, 3.05) is 6.54 Å². The first-order valence-electron chi connectivity index (χ1n) is 6.09. The zero-order chi connectivity index (χ0) is 12.4. The highest BCUT2D eigenvalue weighted by Crippen LogP contribution is 2.22. The van der Waals surface area contributed by atoms with Gasteiger partial charge in [-0.25, -0.2) is 0 Å². The van der Waals surface area contributed by atoms with Gasteiger partial charge >= 0.3 is 0 Å². The van der Waals surface area contributed by atoms with Crippen LogP contribution in [0.5, 0.6) is 0 Å². The summed E-state index contributed by atoms with van der Waals surface area (Å²) in [7, 11) is 1.84. The number of carbonyl (C=O) groups excluding carboxylic acids is 1. The molecule has 1 aliphatic heterocycles. The second kappa shape index (κ2) is 5.19. The highest BCUT2D eigenvalue weighted by molar-refractivity contribution is 6.32. The number of nitrogens with zero attached hydrogens (tertiary/aromatic N) is 2. The van der Waals surface area contributed by atoms with Crippen molar-refractivity contribution in [3.63, 3.8) is 0 Å². The normalized spacial score (nSPS) is 19.8. The predicted octanol–water partition coefficient (Wildman–Crippen LogP) is 1.50. The molecular formula is C12H18ClN3O. The van der Waals surface area contributed by atoms with Crippen molar-refractivity contribution in [3.05, 3.63) is 16.4 Å². The van der Waals surface area contributed by atoms with E-state index in [1.807, 2.05) is 14.0 Å². The van der Waals surface area contributed by atoms with Crippen molar-refractivity contribution in [2.45, 2.75) is 38.6 Å². The molecule has 1 aromatic rings. The fourth-order valence-corrected chi connectivity index (χ4v) is 2.62. The zero-order valence-electron chi connectivity index (χ0n) is 10.3. The molecule has 0 aliphatic carbocycles. The van der Waals surface area contributed by atoms with Crippen molar-refractivity contribution >= 4 is 17.4 Å². The Morgan fingerprint density at radius 2 is 2.41 bits per heavy atom. The summed E-state index contributed by atoms with van der Waals surface area (Å²) in [5.41, 5.74) is 1.71. The Balaban J connectivity index is 2.12. The average Bonchev–Trinajstić information content (AvgIpc) is 2.92. The highest BCUT2D eigenvalue weighted by Gasteiger charge is 2.24. The quantitative estimate of drug-likeness (QED) is 0.887. The number of Topliss-reactive ketones (excluding diaryl/α,β-unsaturated/α-hetero) is 1. The first-order valence-corrected chi connectivity index (χ1v) is 6.47. The molecule has 0 spiro atoms. The Bertz CT molecular complexity index is 422. The average molecular weight is 256 g/mol. The largest absolute Gasteiger partial charge is 0.307 e. The third kappa shape index (κ3) is 2.53. The molecule has 2 heterocycles. The van der Waals surface area contributed by atoms with E-state index in [1.54, 1.807) is 4.68 Å². The first-order chi connectivity index (χ1) is 8.13. The van der Waals surface area contributed by atoms with Gasteiger partial charge in [-0.2, -0.15) is 5.10 Å². The minimum Gasteiger partial charge on any atom is -0.307 e. The number of aryl methyl sites for hydroxylation is 2. The molecule has 5 heteroatoms. The Morgan fingerprint density at radius 1 is 1.65 bits per heavy atom. The molecule has 1 aromatic heterocycles. The smallest absolute Gasteiger partial charge is 0.155 e. The molecular weight excluding hydrogens is 238 g/mol. The van der Waals surface area contributed by atoms with Gasteiger partial charge in [-0.1, -0.05) is 18.5 Å². The molecule has 94 valence electrons. The van der Waals surface area contributed by atoms with Crippen molar-refractivity contribution in [1.29, 1.82) is 0 Å². The summed E-state index contributed by atoms with van der Waals surface area (Å²) in [4.78, 5) is 12.1. The summed E-state index contributed by atoms with van der Waals surface area (Å²) >= 11 is 6.22. The van der Waals surface area contributed by atoms with Crippen LogP contribution in [0.1, 0.15) is 31.2 Å². The Kier molecular flexibility index (Phi) is 3.84. The number of halogens is 1. The van der Waals surface area contributed by atoms with Gasteiger partial charge in [-0.3, -0.25) is 9.48 Å². The van der Waals surface area contributed by atoms with E-state index in [0.29, 0.717) is 11.4 Å². The van der Waals surface area contributed by atoms with Crippen molar-refractivity contribution in [3.8, 4) is 0 Å². The summed E-state index contributed by atoms with van der Waals surface area (Å²) in [6.07, 6.45) is 3.19. The van der Waals surface area contributed by atoms with E-state index >= 15 is 0 Å². The van der Waals surface area contributed by atoms with Crippen LogP contribution in [0.3, 0.4) is 0 Å². The van der Waals surface area contributed by atoms with Crippen molar-refractivity contribution in [2.24, 2.45) is 7.05 Å². The Hall–Kier alpha value is -0.870. The maximum Gasteiger partial charge on any atom is 0.155 e. The van der Waals surface area contributed by atoms with Crippen LogP contribution in [-0.4, -0.2) is 28.2 Å². The lowest BCUT2D eigenvalue weighted by molar-refractivity contribution is -0.120. The van der Waals surface area contributed by atoms with E-state index < -0.39 is 0 Å². The first kappa shape index (κ1) is 12.6. The minimum absolute atomic E-state index is 0.00560. The lowest BCUT2D eigenvalue weighted by atomic mass is 10.1. The van der Waals surface area contributed by atoms with Crippen LogP contribution in [0.2, 0.25) is 5.02 Å². The number of hydrogen-bond donors (Lipinski definition) is 1. The highest BCUT2D eigenvalue weighted by atomic mass is 35.5. The molecule has 0 bridgehead atoms. The minimum atomic E-state index is 0.00560. The van der Waals surface area contributed by atoms with Gasteiger partial charge < -0.3 is 5.32 Å². The maximum absolute atomic E-state index is 12.1. The van der Waals surface area contributed by atoms with Gasteiger partial charge in [0.1, 0.15) is 0 Å². The molecule has 0 amide bonds. The third-order valence-electron chi connectivity index (χ3n) is 3.29. The number of rotatable bonds is 4. The van der Waals surface area contributed by atoms with Crippen LogP contribution in [0.15, 0.2) is 0 Å². The van der Waals surface area contributed by atoms with Crippen LogP contribution in [-0.2, 0) is 24.7 Å². The molecule has 2 rings (SSSR count). The van der Waals surface area contributed by atoms with Crippen LogP contribution >= 0.6 is 11.6 Å². The molecule has 1 aliphatic rings. The van der Waals surface area contributed by atoms with Crippen LogP contribution in [0.25, 0.3) is 0 Å². The van der Waals surface area contributed by atoms with Gasteiger partial charge in [0.05, 0.1) is 28.9 Å². The SMILES string of the molecule is CCc1nn(C)c(CC(=O)C2CCCN2)c1Cl. The second-order valence-electron chi connectivity index (χ2n) is 4.48. The predicted molar refractivity (Wildman–Crippen MR) is 67.3 cm³/mol. The van der Waals surface area contributed by atoms with Crippen LogP contribution in [0.4, 0.5) is 0 Å². The van der Waals surface area contributed by atoms with E-state index in [9.17, 15) is 4.79 Å². The molecule has 4 nitrogen and oxygen atoms in total. The summed E-state index contributed by atoms with van der Waals surface area (Å²) in [5.74, 6) is 0.218. The van der Waals surface area contributed by atoms with Crippen LogP contribution < -0.4 is 5.32 Å². The molecule has 0 radical (unpaired) electrons. The van der Waals surface area contributed by atoms with Crippen LogP contribution in [0, 0.1) is 0 Å². The number of ketones is 1. The summed E-state index contributed by atoms with van der Waals surface area (Å²) < 4.78 is 1.73. The summed E-state index contributed by atoms with van der Waals surface area (Å²) in [6, 6.07) is 0.00560. The lowest BCUT2D eigenvalue weighted by Crippen LogP contribution is -2.32. The zero-order valence-corrected chi connectivity index (χ0v) is 11.0. The molecule has 1 saturated heterocycles. The summed E-state index contributed by atoms with van der Waals surface area (Å²) in [6.45, 7) is 2.95. The monoisotopic (exact) mass is 255 g/mol. The molecule has 0 aromatic carbocycles. The fraction of sp³-hybridized carbons (Fsp3) is 0.667. The lowest BCUT2D eigenvalue weighted by Gasteiger charge is -2.09. The molecule has 1 fully saturated rings. The third-order valence-corrected chi connectivity index (χ3v) is 3.73. The Morgan fingerprint density at radius 3 is 2.94 bits per heavy atom. The molecule has 0 saturated carbocycles. The van der Waals surface area contributed by atoms with Gasteiger partial charge in [-0.15, -0.1) is 0 Å². The number of aromatic nitrogens is 2. The van der Waals surface area contributed by atoms with E-state index in [1.165, 1.54) is 0 Å². The Labute approximate surface area is 106 Å². The number of hydrogen-bond acceptors (Lipinski definition) is 3. The van der Waals surface area contributed by atoms with Gasteiger partial charge in [0.15, 0.2) is 5.78 Å². The fourth-order valence-electron chi connectivity index (χ4n) is 2.26. The van der Waals surface area contributed by atoms with Gasteiger partial charge in [-0.05, 0) is 25.8 Å². The van der Waals surface area contributed by atoms with Crippen molar-refractivity contribution in [1.82, 2.24) is 15.1 Å². The van der Waals surface area contributed by atoms with Gasteiger partial charge in [0.25, 0.3) is 0 Å². The van der Waals surface area contributed by atoms with Gasteiger partial charge in [0.2, 0.25) is 0 Å². The van der Waals surface area contributed by atoms with E-state index in [-0.39, 0.29) is 11.8 Å². The summed E-state index contributed by atoms with van der Waals surface area (Å²) in [5, 5.41) is 8.19. The number of carbonyl (C=O) groups is 1.